The first-order valence-corrected chi connectivity index (χ1v) is 5.41. The second-order valence-electron chi connectivity index (χ2n) is 3.80. The largest absolute Gasteiger partial charge is 0.495 e. The van der Waals surface area contributed by atoms with E-state index in [9.17, 15) is 0 Å². The number of nitrogen functional groups attached to an aromatic ring is 1. The summed E-state index contributed by atoms with van der Waals surface area (Å²) in [6.45, 7) is 0. The molecule has 0 saturated heterocycles. The van der Waals surface area contributed by atoms with Crippen LogP contribution in [-0.2, 0) is 7.05 Å². The topological polar surface area (TPSA) is 104 Å². The van der Waals surface area contributed by atoms with E-state index in [0.29, 0.717) is 17.3 Å². The zero-order valence-corrected chi connectivity index (χ0v) is 10.3. The molecule has 96 valence electrons. The Balaban J connectivity index is 2.48. The molecule has 7 heteroatoms. The second kappa shape index (κ2) is 5.03. The summed E-state index contributed by atoms with van der Waals surface area (Å²) in [6.07, 6.45) is 3.34. The monoisotopic (exact) mass is 248 g/mol. The van der Waals surface area contributed by atoms with E-state index in [1.165, 1.54) is 0 Å². The number of hydrogen-bond donors (Lipinski definition) is 3. The highest BCUT2D eigenvalue weighted by Crippen LogP contribution is 2.29. The van der Waals surface area contributed by atoms with Gasteiger partial charge in [0.25, 0.3) is 0 Å². The fourth-order valence-corrected chi connectivity index (χ4v) is 1.79. The average Bonchev–Trinajstić information content (AvgIpc) is 2.73. The molecule has 0 amide bonds. The van der Waals surface area contributed by atoms with E-state index in [2.05, 4.69) is 15.5 Å². The van der Waals surface area contributed by atoms with Crippen molar-refractivity contribution in [1.82, 2.24) is 20.2 Å². The molecule has 2 aromatic rings. The summed E-state index contributed by atoms with van der Waals surface area (Å²) in [5, 5.41) is 4.09. The lowest BCUT2D eigenvalue weighted by atomic mass is 10.1. The Morgan fingerprint density at radius 3 is 2.83 bits per heavy atom. The number of hydrogen-bond acceptors (Lipinski definition) is 6. The Bertz CT molecular complexity index is 538. The summed E-state index contributed by atoms with van der Waals surface area (Å²) in [6, 6.07) is 3.25. The van der Waals surface area contributed by atoms with Gasteiger partial charge in [-0.2, -0.15) is 5.10 Å². The zero-order chi connectivity index (χ0) is 13.1. The van der Waals surface area contributed by atoms with Crippen LogP contribution in [0.25, 0.3) is 0 Å². The molecule has 1 atom stereocenters. The van der Waals surface area contributed by atoms with Crippen LogP contribution in [0.15, 0.2) is 24.5 Å². The van der Waals surface area contributed by atoms with Gasteiger partial charge in [-0.25, -0.2) is 5.43 Å². The summed E-state index contributed by atoms with van der Waals surface area (Å²) in [4.78, 5) is 4.29. The van der Waals surface area contributed by atoms with Crippen molar-refractivity contribution >= 4 is 5.82 Å². The smallest absolute Gasteiger partial charge is 0.142 e. The number of nitrogens with zero attached hydrogens (tertiary/aromatic N) is 3. The van der Waals surface area contributed by atoms with Gasteiger partial charge in [0.2, 0.25) is 0 Å². The van der Waals surface area contributed by atoms with Gasteiger partial charge in [-0.3, -0.25) is 15.5 Å². The maximum absolute atomic E-state index is 5.94. The van der Waals surface area contributed by atoms with Gasteiger partial charge in [-0.15, -0.1) is 0 Å². The van der Waals surface area contributed by atoms with Gasteiger partial charge >= 0.3 is 0 Å². The van der Waals surface area contributed by atoms with E-state index in [1.807, 2.05) is 6.07 Å². The number of anilines is 1. The van der Waals surface area contributed by atoms with Crippen molar-refractivity contribution in [2.24, 2.45) is 12.9 Å². The Kier molecular flexibility index (Phi) is 3.45. The standard InChI is InChI=1S/C11H16N6O/c1-17-11(12)7(6-15-17)9(16-13)10-8(18-2)4-3-5-14-10/h3-6,9,16H,12-13H2,1-2H3. The molecule has 0 aliphatic rings. The van der Waals surface area contributed by atoms with Crippen molar-refractivity contribution in [3.8, 4) is 5.75 Å². The third-order valence-corrected chi connectivity index (χ3v) is 2.79. The number of aromatic nitrogens is 3. The third-order valence-electron chi connectivity index (χ3n) is 2.79. The van der Waals surface area contributed by atoms with Gasteiger partial charge in [-0.05, 0) is 12.1 Å². The number of ether oxygens (including phenoxy) is 1. The first-order chi connectivity index (χ1) is 8.69. The fraction of sp³-hybridized carbons (Fsp3) is 0.273. The van der Waals surface area contributed by atoms with Crippen molar-refractivity contribution in [1.29, 1.82) is 0 Å². The maximum atomic E-state index is 5.94. The molecule has 1 unspecified atom stereocenters. The molecule has 2 rings (SSSR count). The van der Waals surface area contributed by atoms with Crippen LogP contribution in [-0.4, -0.2) is 21.9 Å². The summed E-state index contributed by atoms with van der Waals surface area (Å²) in [5.74, 6) is 6.78. The fourth-order valence-electron chi connectivity index (χ4n) is 1.79. The molecule has 0 aromatic carbocycles. The van der Waals surface area contributed by atoms with Crippen molar-refractivity contribution in [3.63, 3.8) is 0 Å². The van der Waals surface area contributed by atoms with Crippen LogP contribution in [0.5, 0.6) is 5.75 Å². The van der Waals surface area contributed by atoms with E-state index in [4.69, 9.17) is 16.3 Å². The van der Waals surface area contributed by atoms with Crippen LogP contribution in [0.4, 0.5) is 5.82 Å². The summed E-state index contributed by atoms with van der Waals surface area (Å²) in [5.41, 5.74) is 10.1. The van der Waals surface area contributed by atoms with Crippen molar-refractivity contribution in [3.05, 3.63) is 35.8 Å². The van der Waals surface area contributed by atoms with E-state index in [1.54, 1.807) is 37.3 Å². The summed E-state index contributed by atoms with van der Waals surface area (Å²) < 4.78 is 6.85. The summed E-state index contributed by atoms with van der Waals surface area (Å²) in [7, 11) is 3.35. The molecular weight excluding hydrogens is 232 g/mol. The van der Waals surface area contributed by atoms with Crippen LogP contribution in [0.3, 0.4) is 0 Å². The highest BCUT2D eigenvalue weighted by Gasteiger charge is 2.22. The molecule has 0 bridgehead atoms. The molecule has 0 aliphatic carbocycles. The van der Waals surface area contributed by atoms with E-state index in [-0.39, 0.29) is 6.04 Å². The average molecular weight is 248 g/mol. The minimum absolute atomic E-state index is 0.366. The Labute approximate surface area is 105 Å². The highest BCUT2D eigenvalue weighted by molar-refractivity contribution is 5.46. The molecule has 2 aromatic heterocycles. The van der Waals surface area contributed by atoms with Gasteiger partial charge in [0, 0.05) is 18.8 Å². The minimum atomic E-state index is -0.366. The Morgan fingerprint density at radius 2 is 2.28 bits per heavy atom. The van der Waals surface area contributed by atoms with Crippen LogP contribution in [0.1, 0.15) is 17.3 Å². The van der Waals surface area contributed by atoms with Gasteiger partial charge in [0.1, 0.15) is 17.3 Å². The van der Waals surface area contributed by atoms with Crippen molar-refractivity contribution < 1.29 is 4.74 Å². The molecule has 0 fully saturated rings. The molecule has 5 N–H and O–H groups in total. The Morgan fingerprint density at radius 1 is 1.50 bits per heavy atom. The van der Waals surface area contributed by atoms with Crippen LogP contribution < -0.4 is 21.7 Å². The Hall–Kier alpha value is -2.12. The number of aryl methyl sites for hydroxylation is 1. The van der Waals surface area contributed by atoms with Crippen molar-refractivity contribution in [2.45, 2.75) is 6.04 Å². The third kappa shape index (κ3) is 2.01. The molecule has 0 saturated carbocycles. The van der Waals surface area contributed by atoms with Gasteiger partial charge in [-0.1, -0.05) is 0 Å². The van der Waals surface area contributed by atoms with Crippen LogP contribution in [0, 0.1) is 0 Å². The number of rotatable bonds is 4. The molecule has 18 heavy (non-hydrogen) atoms. The lowest BCUT2D eigenvalue weighted by Crippen LogP contribution is -2.30. The van der Waals surface area contributed by atoms with E-state index in [0.717, 1.165) is 5.56 Å². The molecular formula is C11H16N6O. The quantitative estimate of drug-likeness (QED) is 0.518. The maximum Gasteiger partial charge on any atom is 0.142 e. The van der Waals surface area contributed by atoms with E-state index < -0.39 is 0 Å². The SMILES string of the molecule is COc1cccnc1C(NN)c1cnn(C)c1N. The normalized spacial score (nSPS) is 12.4. The van der Waals surface area contributed by atoms with Gasteiger partial charge < -0.3 is 10.5 Å². The molecule has 0 radical (unpaired) electrons. The number of hydrazine groups is 1. The first-order valence-electron chi connectivity index (χ1n) is 5.41. The minimum Gasteiger partial charge on any atom is -0.495 e. The molecule has 7 nitrogen and oxygen atoms in total. The summed E-state index contributed by atoms with van der Waals surface area (Å²) >= 11 is 0. The zero-order valence-electron chi connectivity index (χ0n) is 10.3. The predicted molar refractivity (Wildman–Crippen MR) is 67.6 cm³/mol. The number of methoxy groups -OCH3 is 1. The second-order valence-corrected chi connectivity index (χ2v) is 3.80. The van der Waals surface area contributed by atoms with E-state index >= 15 is 0 Å². The van der Waals surface area contributed by atoms with Gasteiger partial charge in [0.05, 0.1) is 19.3 Å². The lowest BCUT2D eigenvalue weighted by molar-refractivity contribution is 0.400. The molecule has 2 heterocycles. The predicted octanol–water partition coefficient (Wildman–Crippen LogP) is -0.0414. The number of nitrogens with two attached hydrogens (primary N) is 2. The lowest BCUT2D eigenvalue weighted by Gasteiger charge is -2.17. The molecule has 0 aliphatic heterocycles. The van der Waals surface area contributed by atoms with Gasteiger partial charge in [0.15, 0.2) is 0 Å². The highest BCUT2D eigenvalue weighted by atomic mass is 16.5. The van der Waals surface area contributed by atoms with Crippen LogP contribution in [0.2, 0.25) is 0 Å². The molecule has 0 spiro atoms. The number of nitrogens with one attached hydrogen (secondary N) is 1. The van der Waals surface area contributed by atoms with Crippen LogP contribution >= 0.6 is 0 Å². The first kappa shape index (κ1) is 12.3. The number of pyridine rings is 1. The van der Waals surface area contributed by atoms with Crippen molar-refractivity contribution in [2.75, 3.05) is 12.8 Å².